The van der Waals surface area contributed by atoms with Gasteiger partial charge in [-0.2, -0.15) is 5.10 Å². The van der Waals surface area contributed by atoms with Crippen LogP contribution in [0.5, 0.6) is 0 Å². The van der Waals surface area contributed by atoms with Crippen LogP contribution in [0.25, 0.3) is 0 Å². The van der Waals surface area contributed by atoms with E-state index < -0.39 is 5.92 Å². The van der Waals surface area contributed by atoms with Gasteiger partial charge in [0, 0.05) is 31.8 Å². The molecule has 4 nitrogen and oxygen atoms in total. The maximum Gasteiger partial charge on any atom is 0.248 e. The fraction of sp³-hybridized carbons (Fsp3) is 0.846. The van der Waals surface area contributed by atoms with Crippen LogP contribution in [0.1, 0.15) is 44.9 Å². The molecule has 0 spiro atoms. The molecule has 1 unspecified atom stereocenters. The molecule has 0 radical (unpaired) electrons. The zero-order chi connectivity index (χ0) is 13.9. The van der Waals surface area contributed by atoms with Gasteiger partial charge < -0.3 is 5.73 Å². The summed E-state index contributed by atoms with van der Waals surface area (Å²) in [7, 11) is 0. The van der Waals surface area contributed by atoms with E-state index in [1.807, 2.05) is 4.68 Å². The molecule has 0 saturated heterocycles. The summed E-state index contributed by atoms with van der Waals surface area (Å²) in [6, 6.07) is -0.101. The molecule has 1 fully saturated rings. The molecular formula is C13H22F2N4. The third-order valence-corrected chi connectivity index (χ3v) is 3.92. The van der Waals surface area contributed by atoms with Gasteiger partial charge in [-0.25, -0.2) is 13.8 Å². The molecule has 6 heteroatoms. The number of nitrogens with zero attached hydrogens (tertiary/aromatic N) is 3. The zero-order valence-corrected chi connectivity index (χ0v) is 11.4. The number of hydrogen-bond acceptors (Lipinski definition) is 3. The summed E-state index contributed by atoms with van der Waals surface area (Å²) in [5.74, 6) is -1.45. The second kappa shape index (κ2) is 5.94. The van der Waals surface area contributed by atoms with Gasteiger partial charge in [-0.15, -0.1) is 0 Å². The molecule has 1 aromatic rings. The van der Waals surface area contributed by atoms with E-state index in [-0.39, 0.29) is 24.8 Å². The Morgan fingerprint density at radius 3 is 2.79 bits per heavy atom. The minimum atomic E-state index is -2.49. The van der Waals surface area contributed by atoms with Crippen LogP contribution < -0.4 is 5.73 Å². The Labute approximate surface area is 112 Å². The number of nitrogens with two attached hydrogens (primary N) is 1. The lowest BCUT2D eigenvalue weighted by Gasteiger charge is -2.31. The van der Waals surface area contributed by atoms with Gasteiger partial charge in [0.05, 0.1) is 0 Å². The van der Waals surface area contributed by atoms with Crippen LogP contribution in [0.2, 0.25) is 0 Å². The summed E-state index contributed by atoms with van der Waals surface area (Å²) in [5, 5.41) is 4.16. The molecule has 1 atom stereocenters. The maximum absolute atomic E-state index is 13.1. The summed E-state index contributed by atoms with van der Waals surface area (Å²) < 4.78 is 28.1. The third-order valence-electron chi connectivity index (χ3n) is 3.92. The van der Waals surface area contributed by atoms with Gasteiger partial charge in [0.1, 0.15) is 12.2 Å². The highest BCUT2D eigenvalue weighted by atomic mass is 19.3. The highest BCUT2D eigenvalue weighted by Crippen LogP contribution is 2.37. The molecule has 108 valence electrons. The first-order chi connectivity index (χ1) is 9.02. The van der Waals surface area contributed by atoms with Gasteiger partial charge in [0.15, 0.2) is 0 Å². The Morgan fingerprint density at radius 2 is 2.16 bits per heavy atom. The van der Waals surface area contributed by atoms with E-state index in [4.69, 9.17) is 5.73 Å². The van der Waals surface area contributed by atoms with Crippen molar-refractivity contribution in [3.63, 3.8) is 0 Å². The minimum Gasteiger partial charge on any atom is -0.327 e. The maximum atomic E-state index is 13.1. The number of hydrogen-bond donors (Lipinski definition) is 1. The summed E-state index contributed by atoms with van der Waals surface area (Å²) in [6.45, 7) is 2.90. The number of aromatic nitrogens is 3. The van der Waals surface area contributed by atoms with Gasteiger partial charge in [-0.05, 0) is 25.2 Å². The lowest BCUT2D eigenvalue weighted by atomic mass is 9.81. The number of halogens is 2. The molecular weight excluding hydrogens is 250 g/mol. The molecule has 0 bridgehead atoms. The second-order valence-electron chi connectivity index (χ2n) is 5.46. The van der Waals surface area contributed by atoms with Crippen molar-refractivity contribution in [2.45, 2.75) is 64.0 Å². The molecule has 0 aliphatic heterocycles. The topological polar surface area (TPSA) is 56.7 Å². The first kappa shape index (κ1) is 14.4. The van der Waals surface area contributed by atoms with Gasteiger partial charge >= 0.3 is 0 Å². The summed E-state index contributed by atoms with van der Waals surface area (Å²) >= 11 is 0. The van der Waals surface area contributed by atoms with E-state index in [2.05, 4.69) is 17.0 Å². The van der Waals surface area contributed by atoms with Crippen molar-refractivity contribution in [2.75, 3.05) is 0 Å². The van der Waals surface area contributed by atoms with Crippen molar-refractivity contribution < 1.29 is 8.78 Å². The van der Waals surface area contributed by atoms with E-state index >= 15 is 0 Å². The van der Waals surface area contributed by atoms with Gasteiger partial charge in [0.2, 0.25) is 5.92 Å². The summed E-state index contributed by atoms with van der Waals surface area (Å²) in [5.41, 5.74) is 6.17. The molecule has 1 aliphatic rings. The first-order valence-corrected chi connectivity index (χ1v) is 7.02. The van der Waals surface area contributed by atoms with Crippen LogP contribution in [-0.2, 0) is 13.0 Å². The van der Waals surface area contributed by atoms with Crippen molar-refractivity contribution in [1.29, 1.82) is 0 Å². The van der Waals surface area contributed by atoms with Crippen LogP contribution >= 0.6 is 0 Å². The Bertz CT molecular complexity index is 395. The number of rotatable bonds is 5. The van der Waals surface area contributed by atoms with Gasteiger partial charge in [0.25, 0.3) is 0 Å². The fourth-order valence-electron chi connectivity index (χ4n) is 2.71. The smallest absolute Gasteiger partial charge is 0.248 e. The molecule has 1 aliphatic carbocycles. The third kappa shape index (κ3) is 3.72. The second-order valence-corrected chi connectivity index (χ2v) is 5.46. The Balaban J connectivity index is 1.90. The Morgan fingerprint density at radius 1 is 1.47 bits per heavy atom. The van der Waals surface area contributed by atoms with E-state index in [1.165, 1.54) is 6.33 Å². The van der Waals surface area contributed by atoms with Gasteiger partial charge in [-0.1, -0.05) is 6.92 Å². The molecule has 1 aromatic heterocycles. The van der Waals surface area contributed by atoms with E-state index in [0.29, 0.717) is 19.3 Å². The highest BCUT2D eigenvalue weighted by molar-refractivity contribution is 4.93. The average molecular weight is 272 g/mol. The van der Waals surface area contributed by atoms with E-state index in [1.54, 1.807) is 0 Å². The average Bonchev–Trinajstić information content (AvgIpc) is 2.77. The van der Waals surface area contributed by atoms with Crippen molar-refractivity contribution in [3.8, 4) is 0 Å². The predicted molar refractivity (Wildman–Crippen MR) is 68.9 cm³/mol. The highest BCUT2D eigenvalue weighted by Gasteiger charge is 2.36. The predicted octanol–water partition coefficient (Wildman–Crippen LogP) is 2.38. The first-order valence-electron chi connectivity index (χ1n) is 7.02. The molecule has 1 saturated carbocycles. The van der Waals surface area contributed by atoms with Crippen molar-refractivity contribution in [3.05, 3.63) is 12.2 Å². The molecule has 2 N–H and O–H groups in total. The normalized spacial score (nSPS) is 21.5. The lowest BCUT2D eigenvalue weighted by molar-refractivity contribution is -0.0482. The SMILES string of the molecule is CCCn1ncnc1CC(N)C1CCC(F)(F)CC1. The van der Waals surface area contributed by atoms with Crippen molar-refractivity contribution in [2.24, 2.45) is 11.7 Å². The lowest BCUT2D eigenvalue weighted by Crippen LogP contribution is -2.38. The quantitative estimate of drug-likeness (QED) is 0.895. The van der Waals surface area contributed by atoms with Crippen LogP contribution in [-0.4, -0.2) is 26.7 Å². The van der Waals surface area contributed by atoms with Gasteiger partial charge in [-0.3, -0.25) is 4.68 Å². The minimum absolute atomic E-state index is 0.0347. The zero-order valence-electron chi connectivity index (χ0n) is 11.4. The van der Waals surface area contributed by atoms with Crippen LogP contribution in [0.4, 0.5) is 8.78 Å². The molecule has 19 heavy (non-hydrogen) atoms. The van der Waals surface area contributed by atoms with Crippen LogP contribution in [0.15, 0.2) is 6.33 Å². The van der Waals surface area contributed by atoms with Crippen LogP contribution in [0, 0.1) is 5.92 Å². The van der Waals surface area contributed by atoms with Crippen molar-refractivity contribution >= 4 is 0 Å². The molecule has 1 heterocycles. The van der Waals surface area contributed by atoms with Crippen molar-refractivity contribution in [1.82, 2.24) is 14.8 Å². The standard InChI is InChI=1S/C13H22F2N4/c1-2-7-19-12(17-9-18-19)8-11(16)10-3-5-13(14,15)6-4-10/h9-11H,2-8,16H2,1H3. The Kier molecular flexibility index (Phi) is 4.50. The molecule has 2 rings (SSSR count). The number of aryl methyl sites for hydroxylation is 1. The monoisotopic (exact) mass is 272 g/mol. The number of alkyl halides is 2. The summed E-state index contributed by atoms with van der Waals surface area (Å²) in [6.07, 6.45) is 4.09. The fourth-order valence-corrected chi connectivity index (χ4v) is 2.71. The molecule has 0 aromatic carbocycles. The van der Waals surface area contributed by atoms with E-state index in [9.17, 15) is 8.78 Å². The van der Waals surface area contributed by atoms with E-state index in [0.717, 1.165) is 18.8 Å². The molecule has 0 amide bonds. The largest absolute Gasteiger partial charge is 0.327 e. The Hall–Kier alpha value is -1.04. The van der Waals surface area contributed by atoms with Crippen LogP contribution in [0.3, 0.4) is 0 Å². The summed E-state index contributed by atoms with van der Waals surface area (Å²) in [4.78, 5) is 4.22.